The third kappa shape index (κ3) is 10.4. The van der Waals surface area contributed by atoms with Crippen LogP contribution in [0.4, 0.5) is 0 Å². The summed E-state index contributed by atoms with van der Waals surface area (Å²) in [7, 11) is 1.41. The molecule has 0 spiro atoms. The summed E-state index contributed by atoms with van der Waals surface area (Å²) in [6.45, 7) is 10.0. The van der Waals surface area contributed by atoms with Crippen LogP contribution in [-0.4, -0.2) is 86.8 Å². The van der Waals surface area contributed by atoms with Crippen LogP contribution in [0.5, 0.6) is 0 Å². The fourth-order valence-corrected chi connectivity index (χ4v) is 5.14. The first-order chi connectivity index (χ1) is 20.3. The van der Waals surface area contributed by atoms with E-state index in [2.05, 4.69) is 26.8 Å². The van der Waals surface area contributed by atoms with Gasteiger partial charge in [-0.25, -0.2) is 0 Å². The maximum Gasteiger partial charge on any atom is 0.303 e. The molecule has 10 heteroatoms. The van der Waals surface area contributed by atoms with Gasteiger partial charge >= 0.3 is 5.97 Å². The number of likely N-dealkylation sites (N-methyl/N-ethyl adjacent to an activating group) is 1. The van der Waals surface area contributed by atoms with Crippen LogP contribution < -0.4 is 0 Å². The first-order valence-electron chi connectivity index (χ1n) is 14.8. The molecule has 0 saturated carbocycles. The molecular weight excluding hydrogens is 554 g/mol. The van der Waals surface area contributed by atoms with Gasteiger partial charge in [0.25, 0.3) is 5.91 Å². The Labute approximate surface area is 254 Å². The first kappa shape index (κ1) is 35.9. The number of aliphatic hydroxyl groups is 3. The number of ether oxygens (including phenoxy) is 2. The molecule has 2 rings (SSSR count). The predicted molar refractivity (Wildman–Crippen MR) is 163 cm³/mol. The number of carboxylic acids is 1. The maximum atomic E-state index is 12.5. The van der Waals surface area contributed by atoms with Crippen molar-refractivity contribution in [3.05, 3.63) is 71.6 Å². The van der Waals surface area contributed by atoms with E-state index in [0.717, 1.165) is 16.9 Å². The second-order valence-electron chi connectivity index (χ2n) is 11.3. The van der Waals surface area contributed by atoms with Gasteiger partial charge in [0, 0.05) is 25.8 Å². The Morgan fingerprint density at radius 2 is 1.67 bits per heavy atom. The van der Waals surface area contributed by atoms with Crippen molar-refractivity contribution in [2.75, 3.05) is 7.05 Å². The van der Waals surface area contributed by atoms with Crippen molar-refractivity contribution in [1.82, 2.24) is 4.90 Å². The molecule has 238 valence electrons. The topological polar surface area (TPSA) is 154 Å². The summed E-state index contributed by atoms with van der Waals surface area (Å²) in [6.07, 6.45) is 13.6. The van der Waals surface area contributed by atoms with Crippen LogP contribution in [-0.2, 0) is 23.9 Å². The molecule has 8 atom stereocenters. The monoisotopic (exact) mass is 601 g/mol. The second kappa shape index (κ2) is 17.1. The van der Waals surface area contributed by atoms with Gasteiger partial charge in [-0.05, 0) is 32.3 Å². The quantitative estimate of drug-likeness (QED) is 0.0994. The van der Waals surface area contributed by atoms with Crippen molar-refractivity contribution in [3.63, 3.8) is 0 Å². The molecule has 0 bridgehead atoms. The summed E-state index contributed by atoms with van der Waals surface area (Å²) in [6, 6.07) is -0.896. The predicted octanol–water partition coefficient (Wildman–Crippen LogP) is 4.17. The summed E-state index contributed by atoms with van der Waals surface area (Å²) in [5.74, 6) is -2.41. The van der Waals surface area contributed by atoms with Crippen LogP contribution in [0.1, 0.15) is 60.3 Å². The van der Waals surface area contributed by atoms with Crippen molar-refractivity contribution >= 4 is 17.7 Å². The molecule has 43 heavy (non-hydrogen) atoms. The van der Waals surface area contributed by atoms with Crippen LogP contribution in [0.3, 0.4) is 0 Å². The Kier molecular flexibility index (Phi) is 14.3. The minimum Gasteiger partial charge on any atom is -0.507 e. The number of ketones is 1. The Morgan fingerprint density at radius 3 is 2.26 bits per heavy atom. The maximum absolute atomic E-state index is 12.5. The van der Waals surface area contributed by atoms with Gasteiger partial charge in [-0.3, -0.25) is 14.4 Å². The third-order valence-electron chi connectivity index (χ3n) is 7.84. The zero-order chi connectivity index (χ0) is 32.3. The van der Waals surface area contributed by atoms with Crippen LogP contribution >= 0.6 is 0 Å². The van der Waals surface area contributed by atoms with Gasteiger partial charge in [0.05, 0.1) is 24.4 Å². The Balaban J connectivity index is 1.95. The first-order valence-corrected chi connectivity index (χ1v) is 14.8. The zero-order valence-corrected chi connectivity index (χ0v) is 25.9. The number of aliphatic hydroxyl groups excluding tert-OH is 3. The molecule has 0 aromatic carbocycles. The van der Waals surface area contributed by atoms with E-state index in [4.69, 9.17) is 14.6 Å². The highest BCUT2D eigenvalue weighted by Gasteiger charge is 2.42. The van der Waals surface area contributed by atoms with Crippen LogP contribution in [0.15, 0.2) is 71.6 Å². The number of carbonyl (C=O) groups is 3. The van der Waals surface area contributed by atoms with Crippen molar-refractivity contribution < 1.29 is 44.3 Å². The standard InChI is InChI=1S/C33H47NO9/c1-7-21(3)32(43-28-19-26(36)30(39)23(5)42-28)22(4)18-20(2)14-12-10-8-9-11-13-15-25(35)29-31(40)24(16-17-27(37)38)34(6)33(29)41/h8-15,18,21-24,26,28,30,32,35-36,39H,7,16-17,19H2,1-6H3,(H,37,38)/b10-8+,11-9+,14-12+,15-13+,20-18+,29-25+. The zero-order valence-electron chi connectivity index (χ0n) is 25.9. The van der Waals surface area contributed by atoms with E-state index < -0.39 is 54.1 Å². The lowest BCUT2D eigenvalue weighted by Gasteiger charge is -2.39. The normalized spacial score (nSPS) is 29.0. The molecule has 2 aliphatic rings. The molecule has 0 aromatic rings. The van der Waals surface area contributed by atoms with E-state index in [9.17, 15) is 29.7 Å². The third-order valence-corrected chi connectivity index (χ3v) is 7.84. The Hall–Kier alpha value is -3.31. The summed E-state index contributed by atoms with van der Waals surface area (Å²) in [5, 5.41) is 39.2. The molecule has 0 aliphatic carbocycles. The van der Waals surface area contributed by atoms with Gasteiger partial charge < -0.3 is 34.8 Å². The van der Waals surface area contributed by atoms with Gasteiger partial charge in [0.2, 0.25) is 0 Å². The number of hydrogen-bond donors (Lipinski definition) is 4. The van der Waals surface area contributed by atoms with E-state index in [1.165, 1.54) is 19.2 Å². The van der Waals surface area contributed by atoms with Gasteiger partial charge in [-0.2, -0.15) is 0 Å². The molecule has 0 radical (unpaired) electrons. The molecular formula is C33H47NO9. The van der Waals surface area contributed by atoms with Gasteiger partial charge in [-0.15, -0.1) is 0 Å². The summed E-state index contributed by atoms with van der Waals surface area (Å²) >= 11 is 0. The number of amides is 1. The number of likely N-dealkylation sites (tertiary alicyclic amines) is 1. The summed E-state index contributed by atoms with van der Waals surface area (Å²) < 4.78 is 12.1. The van der Waals surface area contributed by atoms with Gasteiger partial charge in [-0.1, -0.05) is 81.4 Å². The fourth-order valence-electron chi connectivity index (χ4n) is 5.14. The number of aliphatic carboxylic acids is 1. The van der Waals surface area contributed by atoms with E-state index in [0.29, 0.717) is 0 Å². The number of carbonyl (C=O) groups excluding carboxylic acids is 2. The molecule has 8 unspecified atom stereocenters. The molecule has 4 N–H and O–H groups in total. The number of allylic oxidation sites excluding steroid dienone is 9. The average Bonchev–Trinajstić information content (AvgIpc) is 3.16. The number of rotatable bonds is 14. The lowest BCUT2D eigenvalue weighted by Crippen LogP contribution is -2.49. The highest BCUT2D eigenvalue weighted by Crippen LogP contribution is 2.29. The van der Waals surface area contributed by atoms with Crippen molar-refractivity contribution in [2.24, 2.45) is 11.8 Å². The van der Waals surface area contributed by atoms with E-state index in [1.807, 2.05) is 25.2 Å². The van der Waals surface area contributed by atoms with Crippen LogP contribution in [0.2, 0.25) is 0 Å². The number of hydrogen-bond acceptors (Lipinski definition) is 8. The molecule has 2 aliphatic heterocycles. The lowest BCUT2D eigenvalue weighted by molar-refractivity contribution is -0.268. The summed E-state index contributed by atoms with van der Waals surface area (Å²) in [5.41, 5.74) is 0.705. The second-order valence-corrected chi connectivity index (χ2v) is 11.3. The molecule has 10 nitrogen and oxygen atoms in total. The number of Topliss-reactive ketones (excluding diaryl/α,β-unsaturated/α-hetero) is 1. The van der Waals surface area contributed by atoms with E-state index >= 15 is 0 Å². The Bertz CT molecular complexity index is 1150. The van der Waals surface area contributed by atoms with Gasteiger partial charge in [0.1, 0.15) is 17.4 Å². The summed E-state index contributed by atoms with van der Waals surface area (Å²) in [4.78, 5) is 36.9. The van der Waals surface area contributed by atoms with E-state index in [-0.39, 0.29) is 42.8 Å². The molecule has 2 heterocycles. The largest absolute Gasteiger partial charge is 0.507 e. The van der Waals surface area contributed by atoms with E-state index in [1.54, 1.807) is 25.2 Å². The minimum absolute atomic E-state index is 0.0134. The van der Waals surface area contributed by atoms with Crippen LogP contribution in [0.25, 0.3) is 0 Å². The highest BCUT2D eigenvalue weighted by molar-refractivity contribution is 6.27. The van der Waals surface area contributed by atoms with Crippen molar-refractivity contribution in [1.29, 1.82) is 0 Å². The van der Waals surface area contributed by atoms with Gasteiger partial charge in [0.15, 0.2) is 12.1 Å². The van der Waals surface area contributed by atoms with Crippen LogP contribution in [0, 0.1) is 11.8 Å². The lowest BCUT2D eigenvalue weighted by atomic mass is 9.89. The number of carboxylic acid groups (broad SMARTS) is 1. The molecule has 0 aromatic heterocycles. The van der Waals surface area contributed by atoms with Crippen molar-refractivity contribution in [3.8, 4) is 0 Å². The molecule has 1 amide bonds. The van der Waals surface area contributed by atoms with Crippen molar-refractivity contribution in [2.45, 2.75) is 97.0 Å². The highest BCUT2D eigenvalue weighted by atomic mass is 16.7. The fraction of sp³-hybridized carbons (Fsp3) is 0.545. The SMILES string of the molecule is CCC(C)C(OC1CC(O)C(O)C(C)O1)C(C)/C=C(C)/C=C/C=C/C=C/C=C/C(O)=C1/C(=O)C(CCC(=O)O)N(C)C1=O. The average molecular weight is 602 g/mol. The minimum atomic E-state index is -1.06. The Morgan fingerprint density at radius 1 is 1.07 bits per heavy atom. The molecule has 2 saturated heterocycles. The number of nitrogens with zero attached hydrogens (tertiary/aromatic N) is 1. The smallest absolute Gasteiger partial charge is 0.303 e. The molecule has 2 fully saturated rings.